The number of nitrogens with one attached hydrogen (secondary N) is 1. The van der Waals surface area contributed by atoms with Gasteiger partial charge in [0.05, 0.1) is 7.11 Å². The van der Waals surface area contributed by atoms with Gasteiger partial charge in [0.2, 0.25) is 5.91 Å². The predicted molar refractivity (Wildman–Crippen MR) is 80.8 cm³/mol. The highest BCUT2D eigenvalue weighted by Gasteiger charge is 2.19. The molecule has 1 N–H and O–H groups in total. The van der Waals surface area contributed by atoms with Gasteiger partial charge < -0.3 is 10.1 Å². The first kappa shape index (κ1) is 15.8. The van der Waals surface area contributed by atoms with E-state index >= 15 is 0 Å². The zero-order valence-corrected chi connectivity index (χ0v) is 12.8. The van der Waals surface area contributed by atoms with Crippen molar-refractivity contribution in [1.29, 1.82) is 0 Å². The van der Waals surface area contributed by atoms with Crippen molar-refractivity contribution >= 4 is 5.91 Å². The molecule has 3 nitrogen and oxygen atoms in total. The number of amides is 1. The topological polar surface area (TPSA) is 38.3 Å². The number of hydrogen-bond donors (Lipinski definition) is 1. The summed E-state index contributed by atoms with van der Waals surface area (Å²) >= 11 is 0. The van der Waals surface area contributed by atoms with Crippen molar-refractivity contribution in [3.63, 3.8) is 0 Å². The molecule has 1 aliphatic rings. The molecule has 21 heavy (non-hydrogen) atoms. The lowest BCUT2D eigenvalue weighted by Crippen LogP contribution is -2.37. The highest BCUT2D eigenvalue weighted by atomic mass is 19.1. The number of carbonyl (C=O) groups excluding carboxylic acids is 1. The summed E-state index contributed by atoms with van der Waals surface area (Å²) in [5.41, 5.74) is 0.820. The Morgan fingerprint density at radius 1 is 1.33 bits per heavy atom. The molecule has 1 saturated carbocycles. The van der Waals surface area contributed by atoms with Crippen LogP contribution in [0.5, 0.6) is 5.75 Å². The van der Waals surface area contributed by atoms with Crippen LogP contribution in [0.25, 0.3) is 0 Å². The zero-order valence-electron chi connectivity index (χ0n) is 12.8. The fourth-order valence-electron chi connectivity index (χ4n) is 2.83. The van der Waals surface area contributed by atoms with Crippen molar-refractivity contribution in [3.05, 3.63) is 29.6 Å². The lowest BCUT2D eigenvalue weighted by Gasteiger charge is -2.26. The smallest absolute Gasteiger partial charge is 0.220 e. The molecule has 0 aliphatic heterocycles. The summed E-state index contributed by atoms with van der Waals surface area (Å²) in [4.78, 5) is 11.9. The van der Waals surface area contributed by atoms with E-state index < -0.39 is 0 Å². The summed E-state index contributed by atoms with van der Waals surface area (Å²) in [6.07, 6.45) is 5.48. The van der Waals surface area contributed by atoms with Gasteiger partial charge in [0, 0.05) is 12.5 Å². The number of aryl methyl sites for hydroxylation is 1. The van der Waals surface area contributed by atoms with Crippen molar-refractivity contribution in [3.8, 4) is 5.75 Å². The minimum Gasteiger partial charge on any atom is -0.494 e. The fraction of sp³-hybridized carbons (Fsp3) is 0.588. The predicted octanol–water partition coefficient (Wildman–Crippen LogP) is 3.46. The van der Waals surface area contributed by atoms with E-state index in [1.165, 1.54) is 26.0 Å². The van der Waals surface area contributed by atoms with Crippen LogP contribution in [0.1, 0.15) is 44.6 Å². The number of carbonyl (C=O) groups is 1. The van der Waals surface area contributed by atoms with Crippen molar-refractivity contribution < 1.29 is 13.9 Å². The molecule has 1 fully saturated rings. The molecule has 1 amide bonds. The second kappa shape index (κ2) is 7.43. The summed E-state index contributed by atoms with van der Waals surface area (Å²) in [6.45, 7) is 2.26. The number of hydrogen-bond acceptors (Lipinski definition) is 2. The number of methoxy groups -OCH3 is 1. The van der Waals surface area contributed by atoms with Gasteiger partial charge in [-0.05, 0) is 55.7 Å². The largest absolute Gasteiger partial charge is 0.494 e. The molecule has 1 aromatic carbocycles. The van der Waals surface area contributed by atoms with Crippen LogP contribution in [-0.4, -0.2) is 19.1 Å². The Bertz CT molecular complexity index is 482. The standard InChI is InChI=1S/C17H24FNO2/c1-12-3-7-14(8-4-12)19-17(20)10-6-13-5-9-16(21-2)15(18)11-13/h5,9,11-12,14H,3-4,6-8,10H2,1-2H3,(H,19,20). The second-order valence-electron chi connectivity index (χ2n) is 5.99. The number of rotatable bonds is 5. The molecule has 4 heteroatoms. The molecule has 2 rings (SSSR count). The quantitative estimate of drug-likeness (QED) is 0.903. The Kier molecular flexibility index (Phi) is 5.59. The molecule has 0 radical (unpaired) electrons. The van der Waals surface area contributed by atoms with Gasteiger partial charge in [0.25, 0.3) is 0 Å². The summed E-state index contributed by atoms with van der Waals surface area (Å²) < 4.78 is 18.4. The Labute approximate surface area is 125 Å². The van der Waals surface area contributed by atoms with Crippen LogP contribution in [0, 0.1) is 11.7 Å². The van der Waals surface area contributed by atoms with E-state index in [1.54, 1.807) is 12.1 Å². The van der Waals surface area contributed by atoms with E-state index in [4.69, 9.17) is 4.74 Å². The molecular formula is C17H24FNO2. The van der Waals surface area contributed by atoms with Crippen LogP contribution in [-0.2, 0) is 11.2 Å². The van der Waals surface area contributed by atoms with Gasteiger partial charge in [-0.1, -0.05) is 13.0 Å². The average Bonchev–Trinajstić information content (AvgIpc) is 2.48. The van der Waals surface area contributed by atoms with E-state index in [9.17, 15) is 9.18 Å². The Morgan fingerprint density at radius 3 is 2.67 bits per heavy atom. The van der Waals surface area contributed by atoms with Crippen LogP contribution in [0.2, 0.25) is 0 Å². The molecular weight excluding hydrogens is 269 g/mol. The summed E-state index contributed by atoms with van der Waals surface area (Å²) in [5.74, 6) is 0.697. The van der Waals surface area contributed by atoms with Crippen LogP contribution in [0.4, 0.5) is 4.39 Å². The van der Waals surface area contributed by atoms with Crippen molar-refractivity contribution in [2.75, 3.05) is 7.11 Å². The van der Waals surface area contributed by atoms with Crippen LogP contribution >= 0.6 is 0 Å². The van der Waals surface area contributed by atoms with Crippen molar-refractivity contribution in [2.45, 2.75) is 51.5 Å². The number of ether oxygens (including phenoxy) is 1. The lowest BCUT2D eigenvalue weighted by molar-refractivity contribution is -0.122. The molecule has 0 atom stereocenters. The maximum atomic E-state index is 13.6. The maximum Gasteiger partial charge on any atom is 0.220 e. The molecule has 1 aliphatic carbocycles. The monoisotopic (exact) mass is 293 g/mol. The van der Waals surface area contributed by atoms with Crippen LogP contribution < -0.4 is 10.1 Å². The van der Waals surface area contributed by atoms with Crippen LogP contribution in [0.15, 0.2) is 18.2 Å². The van der Waals surface area contributed by atoms with Gasteiger partial charge >= 0.3 is 0 Å². The van der Waals surface area contributed by atoms with Crippen LogP contribution in [0.3, 0.4) is 0 Å². The SMILES string of the molecule is COc1ccc(CCC(=O)NC2CCC(C)CC2)cc1F. The first-order chi connectivity index (χ1) is 10.1. The second-order valence-corrected chi connectivity index (χ2v) is 5.99. The molecule has 1 aromatic rings. The average molecular weight is 293 g/mol. The van der Waals surface area contributed by atoms with Gasteiger partial charge in [-0.3, -0.25) is 4.79 Å². The summed E-state index contributed by atoms with van der Waals surface area (Å²) in [7, 11) is 1.44. The maximum absolute atomic E-state index is 13.6. The first-order valence-electron chi connectivity index (χ1n) is 7.70. The molecule has 0 unspecified atom stereocenters. The fourth-order valence-corrected chi connectivity index (χ4v) is 2.83. The highest BCUT2D eigenvalue weighted by Crippen LogP contribution is 2.23. The van der Waals surface area contributed by atoms with E-state index in [0.717, 1.165) is 24.3 Å². The van der Waals surface area contributed by atoms with Crippen molar-refractivity contribution in [2.24, 2.45) is 5.92 Å². The van der Waals surface area contributed by atoms with Gasteiger partial charge in [0.15, 0.2) is 11.6 Å². The molecule has 116 valence electrons. The highest BCUT2D eigenvalue weighted by molar-refractivity contribution is 5.76. The molecule has 0 spiro atoms. The third-order valence-electron chi connectivity index (χ3n) is 4.24. The van der Waals surface area contributed by atoms with Crippen molar-refractivity contribution in [1.82, 2.24) is 5.32 Å². The molecule has 0 saturated heterocycles. The minimum absolute atomic E-state index is 0.0609. The Hall–Kier alpha value is -1.58. The van der Waals surface area contributed by atoms with E-state index in [1.807, 2.05) is 0 Å². The Balaban J connectivity index is 1.77. The first-order valence-corrected chi connectivity index (χ1v) is 7.70. The number of halogens is 1. The third-order valence-corrected chi connectivity index (χ3v) is 4.24. The lowest BCUT2D eigenvalue weighted by atomic mass is 9.87. The van der Waals surface area contributed by atoms with E-state index in [2.05, 4.69) is 12.2 Å². The molecule has 0 bridgehead atoms. The number of benzene rings is 1. The van der Waals surface area contributed by atoms with Gasteiger partial charge in [-0.2, -0.15) is 0 Å². The normalized spacial score (nSPS) is 21.9. The Morgan fingerprint density at radius 2 is 2.05 bits per heavy atom. The van der Waals surface area contributed by atoms with Gasteiger partial charge in [-0.15, -0.1) is 0 Å². The molecule has 0 heterocycles. The molecule has 0 aromatic heterocycles. The zero-order chi connectivity index (χ0) is 15.2. The van der Waals surface area contributed by atoms with E-state index in [0.29, 0.717) is 18.9 Å². The van der Waals surface area contributed by atoms with E-state index in [-0.39, 0.29) is 17.5 Å². The third kappa shape index (κ3) is 4.73. The minimum atomic E-state index is -0.378. The van der Waals surface area contributed by atoms with Gasteiger partial charge in [0.1, 0.15) is 0 Å². The van der Waals surface area contributed by atoms with Gasteiger partial charge in [-0.25, -0.2) is 4.39 Å². The summed E-state index contributed by atoms with van der Waals surface area (Å²) in [5, 5.41) is 3.09. The summed E-state index contributed by atoms with van der Waals surface area (Å²) in [6, 6.07) is 5.16.